The molecule has 0 bridgehead atoms. The summed E-state index contributed by atoms with van der Waals surface area (Å²) in [5.74, 6) is 2.44. The van der Waals surface area contributed by atoms with Crippen LogP contribution in [0.1, 0.15) is 71.9 Å². The molecule has 12 heteroatoms. The van der Waals surface area contributed by atoms with Gasteiger partial charge in [0.15, 0.2) is 0 Å². The van der Waals surface area contributed by atoms with Crippen LogP contribution in [0.2, 0.25) is 0 Å². The summed E-state index contributed by atoms with van der Waals surface area (Å²) in [7, 11) is 3.28. The Morgan fingerprint density at radius 2 is 1.05 bits per heavy atom. The van der Waals surface area contributed by atoms with Crippen LogP contribution >= 0.6 is 0 Å². The van der Waals surface area contributed by atoms with Gasteiger partial charge in [0.1, 0.15) is 13.2 Å². The van der Waals surface area contributed by atoms with E-state index in [9.17, 15) is 9.59 Å². The Bertz CT molecular complexity index is 1980. The number of nitrogens with zero attached hydrogens (tertiary/aromatic N) is 4. The first-order chi connectivity index (χ1) is 27.1. The molecule has 4 aromatic rings. The van der Waals surface area contributed by atoms with E-state index in [1.807, 2.05) is 24.3 Å². The van der Waals surface area contributed by atoms with E-state index in [2.05, 4.69) is 70.7 Å². The van der Waals surface area contributed by atoms with Gasteiger partial charge in [-0.15, -0.1) is 0 Å². The Morgan fingerprint density at radius 3 is 1.45 bits per heavy atom. The molecule has 294 valence electrons. The molecule has 2 unspecified atom stereocenters. The third-order valence-electron chi connectivity index (χ3n) is 12.3. The highest BCUT2D eigenvalue weighted by molar-refractivity contribution is 5.80. The molecule has 0 aliphatic carbocycles. The lowest BCUT2D eigenvalue weighted by Crippen LogP contribution is -2.43. The first-order valence-corrected chi connectivity index (χ1v) is 19.7. The molecule has 12 nitrogen and oxygen atoms in total. The number of pyridine rings is 2. The molecule has 4 fully saturated rings. The Balaban J connectivity index is 0.892. The third-order valence-corrected chi connectivity index (χ3v) is 12.3. The van der Waals surface area contributed by atoms with Gasteiger partial charge in [-0.3, -0.25) is 19.4 Å². The summed E-state index contributed by atoms with van der Waals surface area (Å²) in [6, 6.07) is 20.5. The summed E-state index contributed by atoms with van der Waals surface area (Å²) in [5.41, 5.74) is 8.52. The maximum atomic E-state index is 11.9. The molecule has 4 aliphatic heterocycles. The lowest BCUT2D eigenvalue weighted by molar-refractivity contribution is -0.120. The van der Waals surface area contributed by atoms with Crippen LogP contribution in [0.25, 0.3) is 11.1 Å². The summed E-state index contributed by atoms with van der Waals surface area (Å²) < 4.78 is 23.9. The van der Waals surface area contributed by atoms with E-state index in [1.165, 1.54) is 0 Å². The maximum absolute atomic E-state index is 11.9. The van der Waals surface area contributed by atoms with Crippen molar-refractivity contribution < 1.29 is 28.5 Å². The molecule has 2 atom stereocenters. The van der Waals surface area contributed by atoms with E-state index in [4.69, 9.17) is 28.9 Å². The number of hydrogen-bond donors (Lipinski definition) is 2. The zero-order chi connectivity index (χ0) is 38.9. The molecule has 2 spiro atoms. The van der Waals surface area contributed by atoms with Crippen LogP contribution in [0.5, 0.6) is 23.5 Å². The van der Waals surface area contributed by atoms with Gasteiger partial charge in [0.05, 0.1) is 25.3 Å². The number of likely N-dealkylation sites (tertiary alicyclic amines) is 2. The molecule has 2 aromatic heterocycles. The molecule has 2 amide bonds. The summed E-state index contributed by atoms with van der Waals surface area (Å²) in [6.45, 7) is 9.95. The van der Waals surface area contributed by atoms with Crippen molar-refractivity contribution in [2.75, 3.05) is 40.4 Å². The molecule has 56 heavy (non-hydrogen) atoms. The Kier molecular flexibility index (Phi) is 10.6. The molecule has 0 radical (unpaired) electrons. The largest absolute Gasteiger partial charge is 0.481 e. The highest BCUT2D eigenvalue weighted by Gasteiger charge is 2.44. The molecule has 4 saturated heterocycles. The average Bonchev–Trinajstić information content (AvgIpc) is 3.99. The van der Waals surface area contributed by atoms with Gasteiger partial charge < -0.3 is 29.6 Å². The van der Waals surface area contributed by atoms with Crippen molar-refractivity contribution in [3.63, 3.8) is 0 Å². The first-order valence-electron chi connectivity index (χ1n) is 19.7. The van der Waals surface area contributed by atoms with Crippen molar-refractivity contribution in [3.8, 4) is 34.6 Å². The van der Waals surface area contributed by atoms with Crippen LogP contribution in [-0.2, 0) is 35.9 Å². The van der Waals surface area contributed by atoms with Crippen molar-refractivity contribution in [2.24, 2.45) is 0 Å². The second kappa shape index (κ2) is 15.7. The van der Waals surface area contributed by atoms with Crippen LogP contribution in [0.4, 0.5) is 0 Å². The zero-order valence-electron chi connectivity index (χ0n) is 32.9. The molecule has 2 N–H and O–H groups in total. The van der Waals surface area contributed by atoms with Crippen molar-refractivity contribution >= 4 is 11.8 Å². The maximum Gasteiger partial charge on any atom is 0.220 e. The summed E-state index contributed by atoms with van der Waals surface area (Å²) in [6.07, 6.45) is 4.98. The normalized spacial score (nSPS) is 22.2. The summed E-state index contributed by atoms with van der Waals surface area (Å²) in [5, 5.41) is 6.41. The van der Waals surface area contributed by atoms with Gasteiger partial charge in [-0.2, -0.15) is 9.97 Å². The zero-order valence-corrected chi connectivity index (χ0v) is 32.9. The average molecular weight is 761 g/mol. The van der Waals surface area contributed by atoms with Crippen molar-refractivity contribution in [1.29, 1.82) is 0 Å². The van der Waals surface area contributed by atoms with E-state index in [-0.39, 0.29) is 22.9 Å². The lowest BCUT2D eigenvalue weighted by Gasteiger charge is -2.24. The highest BCUT2D eigenvalue weighted by Crippen LogP contribution is 2.35. The van der Waals surface area contributed by atoms with Crippen LogP contribution in [0.15, 0.2) is 60.7 Å². The number of ether oxygens (including phenoxy) is 4. The summed E-state index contributed by atoms with van der Waals surface area (Å²) in [4.78, 5) is 37.9. The Labute approximate surface area is 328 Å². The van der Waals surface area contributed by atoms with Gasteiger partial charge >= 0.3 is 0 Å². The van der Waals surface area contributed by atoms with Gasteiger partial charge in [0, 0.05) is 75.4 Å². The lowest BCUT2D eigenvalue weighted by atomic mass is 9.92. The molecule has 2 aromatic carbocycles. The molecule has 8 rings (SSSR count). The van der Waals surface area contributed by atoms with E-state index in [0.29, 0.717) is 62.7 Å². The highest BCUT2D eigenvalue weighted by atomic mass is 16.5. The van der Waals surface area contributed by atoms with Gasteiger partial charge in [-0.25, -0.2) is 0 Å². The number of amides is 2. The molecule has 6 heterocycles. The predicted molar refractivity (Wildman–Crippen MR) is 212 cm³/mol. The van der Waals surface area contributed by atoms with Crippen LogP contribution in [0, 0.1) is 13.8 Å². The SMILES string of the molecule is COc1nc(OCc2cccc(-c3cccc(COc4ccc(CN5CCC6(CCC(=O)N6)C5)c(OC)n4)c3C)c2C)ccc1CN1CCC2(CCC(=O)N2)C1. The van der Waals surface area contributed by atoms with Crippen molar-refractivity contribution in [2.45, 2.75) is 89.8 Å². The van der Waals surface area contributed by atoms with Gasteiger partial charge in [-0.1, -0.05) is 36.4 Å². The summed E-state index contributed by atoms with van der Waals surface area (Å²) >= 11 is 0. The number of hydrogen-bond acceptors (Lipinski definition) is 10. The van der Waals surface area contributed by atoms with Crippen LogP contribution in [0.3, 0.4) is 0 Å². The topological polar surface area (TPSA) is 127 Å². The minimum absolute atomic E-state index is 0.0863. The number of carbonyl (C=O) groups excluding carboxylic acids is 2. The second-order valence-corrected chi connectivity index (χ2v) is 16.0. The van der Waals surface area contributed by atoms with Crippen molar-refractivity contribution in [3.05, 3.63) is 94.0 Å². The van der Waals surface area contributed by atoms with Crippen LogP contribution < -0.4 is 29.6 Å². The van der Waals surface area contributed by atoms with Gasteiger partial charge in [0.2, 0.25) is 35.3 Å². The number of methoxy groups -OCH3 is 2. The minimum Gasteiger partial charge on any atom is -0.481 e. The van der Waals surface area contributed by atoms with E-state index < -0.39 is 0 Å². The fourth-order valence-corrected chi connectivity index (χ4v) is 9.05. The van der Waals surface area contributed by atoms with Gasteiger partial charge in [-0.05, 0) is 85.0 Å². The number of rotatable bonds is 13. The third kappa shape index (κ3) is 7.90. The van der Waals surface area contributed by atoms with E-state index in [1.54, 1.807) is 14.2 Å². The second-order valence-electron chi connectivity index (χ2n) is 16.0. The fourth-order valence-electron chi connectivity index (χ4n) is 9.05. The molecular formula is C44H52N6O6. The van der Waals surface area contributed by atoms with Crippen LogP contribution in [-0.4, -0.2) is 83.1 Å². The monoisotopic (exact) mass is 760 g/mol. The number of carbonyl (C=O) groups is 2. The number of aromatic nitrogens is 2. The molecule has 4 aliphatic rings. The minimum atomic E-state index is -0.0863. The Hall–Kier alpha value is -5.20. The Morgan fingerprint density at radius 1 is 0.607 bits per heavy atom. The van der Waals surface area contributed by atoms with Gasteiger partial charge in [0.25, 0.3) is 0 Å². The number of benzene rings is 2. The first kappa shape index (κ1) is 37.7. The van der Waals surface area contributed by atoms with Crippen molar-refractivity contribution in [1.82, 2.24) is 30.4 Å². The fraction of sp³-hybridized carbons (Fsp3) is 0.455. The standard InChI is InChI=1S/C44H52N6O6/c1-29-33(25-55-39-13-11-31(41(45-39)53-3)23-49-21-19-43(27-49)17-15-37(51)47-43)7-5-9-35(29)36-10-6-8-34(30(36)2)26-56-40-14-12-32(42(46-40)54-4)24-50-22-20-44(28-50)18-16-38(52)48-44/h5-14H,15-28H2,1-4H3,(H,47,51)(H,48,52). The van der Waals surface area contributed by atoms with E-state index in [0.717, 1.165) is 96.4 Å². The smallest absolute Gasteiger partial charge is 0.220 e. The predicted octanol–water partition coefficient (Wildman–Crippen LogP) is 5.64. The number of nitrogens with one attached hydrogen (secondary N) is 2. The quantitative estimate of drug-likeness (QED) is 0.177. The molecule has 0 saturated carbocycles. The van der Waals surface area contributed by atoms with E-state index >= 15 is 0 Å². The molecular weight excluding hydrogens is 709 g/mol.